The largest absolute Gasteiger partial charge is 0.387 e. The van der Waals surface area contributed by atoms with Gasteiger partial charge in [-0.05, 0) is 19.4 Å². The third-order valence-electron chi connectivity index (χ3n) is 2.70. The predicted molar refractivity (Wildman–Crippen MR) is 78.9 cm³/mol. The van der Waals surface area contributed by atoms with Crippen LogP contribution >= 0.6 is 0 Å². The van der Waals surface area contributed by atoms with Crippen LogP contribution in [0.4, 0.5) is 11.4 Å². The molecule has 0 saturated heterocycles. The number of benzene rings is 1. The lowest BCUT2D eigenvalue weighted by Crippen LogP contribution is -2.26. The summed E-state index contributed by atoms with van der Waals surface area (Å²) in [5.74, 6) is 0. The van der Waals surface area contributed by atoms with Gasteiger partial charge in [0, 0.05) is 38.9 Å². The van der Waals surface area contributed by atoms with E-state index in [1.807, 2.05) is 6.92 Å². The number of nitrogens with zero attached hydrogens (tertiary/aromatic N) is 1. The molecule has 0 saturated carbocycles. The summed E-state index contributed by atoms with van der Waals surface area (Å²) in [4.78, 5) is 9.99. The standard InChI is InChI=1S/C12H19N3O5S/c1-3-20-8-4-7-14-21(18,19)12-9-10(15(16)17)5-6-11(12)13-2/h5-6,9,13-14H,3-4,7-8H2,1-2H3. The van der Waals surface area contributed by atoms with Crippen molar-refractivity contribution >= 4 is 21.4 Å². The average molecular weight is 317 g/mol. The van der Waals surface area contributed by atoms with Crippen LogP contribution in [0.1, 0.15) is 13.3 Å². The van der Waals surface area contributed by atoms with Crippen molar-refractivity contribution in [2.24, 2.45) is 0 Å². The first-order chi connectivity index (χ1) is 9.92. The Morgan fingerprint density at radius 1 is 1.38 bits per heavy atom. The summed E-state index contributed by atoms with van der Waals surface area (Å²) in [5, 5.41) is 13.5. The van der Waals surface area contributed by atoms with Crippen molar-refractivity contribution in [1.82, 2.24) is 4.72 Å². The Bertz CT molecular complexity index is 589. The van der Waals surface area contributed by atoms with Crippen LogP contribution in [0.3, 0.4) is 0 Å². The van der Waals surface area contributed by atoms with E-state index in [2.05, 4.69) is 10.0 Å². The molecule has 0 aromatic heterocycles. The third-order valence-corrected chi connectivity index (χ3v) is 4.20. The molecule has 0 aliphatic carbocycles. The minimum absolute atomic E-state index is 0.143. The zero-order chi connectivity index (χ0) is 15.9. The number of sulfonamides is 1. The molecule has 1 aromatic carbocycles. The van der Waals surface area contributed by atoms with Crippen molar-refractivity contribution in [3.63, 3.8) is 0 Å². The molecule has 0 atom stereocenters. The Morgan fingerprint density at radius 3 is 2.67 bits per heavy atom. The maximum Gasteiger partial charge on any atom is 0.270 e. The molecule has 0 aliphatic rings. The zero-order valence-corrected chi connectivity index (χ0v) is 12.8. The fraction of sp³-hybridized carbons (Fsp3) is 0.500. The molecule has 0 aliphatic heterocycles. The van der Waals surface area contributed by atoms with Gasteiger partial charge in [-0.25, -0.2) is 13.1 Å². The Morgan fingerprint density at radius 2 is 2.10 bits per heavy atom. The number of nitro benzene ring substituents is 1. The molecule has 0 radical (unpaired) electrons. The first-order valence-corrected chi connectivity index (χ1v) is 7.94. The fourth-order valence-electron chi connectivity index (χ4n) is 1.66. The second kappa shape index (κ2) is 7.91. The molecule has 1 rings (SSSR count). The van der Waals surface area contributed by atoms with E-state index in [0.717, 1.165) is 6.07 Å². The number of nitro groups is 1. The summed E-state index contributed by atoms with van der Waals surface area (Å²) in [5.41, 5.74) is 0.0293. The monoisotopic (exact) mass is 317 g/mol. The van der Waals surface area contributed by atoms with E-state index in [1.54, 1.807) is 7.05 Å². The fourth-order valence-corrected chi connectivity index (χ4v) is 2.96. The number of hydrogen-bond donors (Lipinski definition) is 2. The lowest BCUT2D eigenvalue weighted by molar-refractivity contribution is -0.385. The molecule has 0 spiro atoms. The highest BCUT2D eigenvalue weighted by molar-refractivity contribution is 7.89. The summed E-state index contributed by atoms with van der Waals surface area (Å²) >= 11 is 0. The Kier molecular flexibility index (Phi) is 6.53. The Hall–Kier alpha value is -1.71. The van der Waals surface area contributed by atoms with Crippen LogP contribution in [-0.4, -0.2) is 40.1 Å². The quantitative estimate of drug-likeness (QED) is 0.404. The lowest BCUT2D eigenvalue weighted by Gasteiger charge is -2.11. The van der Waals surface area contributed by atoms with Crippen molar-refractivity contribution in [1.29, 1.82) is 0 Å². The van der Waals surface area contributed by atoms with E-state index < -0.39 is 14.9 Å². The second-order valence-corrected chi connectivity index (χ2v) is 5.87. The zero-order valence-electron chi connectivity index (χ0n) is 12.0. The van der Waals surface area contributed by atoms with Crippen LogP contribution < -0.4 is 10.0 Å². The molecule has 0 unspecified atom stereocenters. The van der Waals surface area contributed by atoms with Gasteiger partial charge in [0.25, 0.3) is 5.69 Å². The van der Waals surface area contributed by atoms with Gasteiger partial charge in [0.15, 0.2) is 0 Å². The minimum Gasteiger partial charge on any atom is -0.387 e. The van der Waals surface area contributed by atoms with Crippen LogP contribution in [-0.2, 0) is 14.8 Å². The topological polar surface area (TPSA) is 111 Å². The summed E-state index contributed by atoms with van der Waals surface area (Å²) in [6.07, 6.45) is 0.525. The van der Waals surface area contributed by atoms with Crippen molar-refractivity contribution in [2.75, 3.05) is 32.1 Å². The van der Waals surface area contributed by atoms with Gasteiger partial charge in [-0.15, -0.1) is 0 Å². The normalized spacial score (nSPS) is 11.3. The van der Waals surface area contributed by atoms with Crippen LogP contribution in [0.2, 0.25) is 0 Å². The predicted octanol–water partition coefficient (Wildman–Crippen LogP) is 1.34. The minimum atomic E-state index is -3.82. The first kappa shape index (κ1) is 17.3. The summed E-state index contributed by atoms with van der Waals surface area (Å²) in [6, 6.07) is 3.66. The number of hydrogen-bond acceptors (Lipinski definition) is 6. The lowest BCUT2D eigenvalue weighted by atomic mass is 10.3. The summed E-state index contributed by atoms with van der Waals surface area (Å²) in [7, 11) is -2.27. The van der Waals surface area contributed by atoms with Crippen molar-refractivity contribution in [3.05, 3.63) is 28.3 Å². The van der Waals surface area contributed by atoms with Gasteiger partial charge in [-0.1, -0.05) is 0 Å². The van der Waals surface area contributed by atoms with Gasteiger partial charge in [-0.2, -0.15) is 0 Å². The van der Waals surface area contributed by atoms with Crippen molar-refractivity contribution in [2.45, 2.75) is 18.2 Å². The maximum atomic E-state index is 12.2. The molecule has 0 fully saturated rings. The van der Waals surface area contributed by atoms with E-state index >= 15 is 0 Å². The molecular formula is C12H19N3O5S. The summed E-state index contributed by atoms with van der Waals surface area (Å²) in [6.45, 7) is 3.08. The van der Waals surface area contributed by atoms with Gasteiger partial charge < -0.3 is 10.1 Å². The van der Waals surface area contributed by atoms with Crippen LogP contribution in [0, 0.1) is 10.1 Å². The van der Waals surface area contributed by atoms with Crippen LogP contribution in [0.15, 0.2) is 23.1 Å². The van der Waals surface area contributed by atoms with Gasteiger partial charge in [0.05, 0.1) is 10.6 Å². The summed E-state index contributed by atoms with van der Waals surface area (Å²) < 4.78 is 31.9. The molecule has 8 nitrogen and oxygen atoms in total. The molecule has 0 heterocycles. The smallest absolute Gasteiger partial charge is 0.270 e. The highest BCUT2D eigenvalue weighted by atomic mass is 32.2. The van der Waals surface area contributed by atoms with Gasteiger partial charge in [-0.3, -0.25) is 10.1 Å². The van der Waals surface area contributed by atoms with Crippen LogP contribution in [0.5, 0.6) is 0 Å². The van der Waals surface area contributed by atoms with Gasteiger partial charge in [0.1, 0.15) is 4.90 Å². The molecule has 21 heavy (non-hydrogen) atoms. The van der Waals surface area contributed by atoms with E-state index in [9.17, 15) is 18.5 Å². The highest BCUT2D eigenvalue weighted by Gasteiger charge is 2.21. The van der Waals surface area contributed by atoms with E-state index in [0.29, 0.717) is 25.3 Å². The second-order valence-electron chi connectivity index (χ2n) is 4.14. The van der Waals surface area contributed by atoms with E-state index in [4.69, 9.17) is 4.74 Å². The third kappa shape index (κ3) is 4.96. The Labute approximate surface area is 123 Å². The molecule has 118 valence electrons. The molecule has 9 heteroatoms. The molecular weight excluding hydrogens is 298 g/mol. The number of non-ortho nitro benzene ring substituents is 1. The van der Waals surface area contributed by atoms with Gasteiger partial charge in [0.2, 0.25) is 10.0 Å². The van der Waals surface area contributed by atoms with Gasteiger partial charge >= 0.3 is 0 Å². The number of rotatable bonds is 9. The van der Waals surface area contributed by atoms with E-state index in [-0.39, 0.29) is 17.1 Å². The highest BCUT2D eigenvalue weighted by Crippen LogP contribution is 2.25. The number of nitrogens with one attached hydrogen (secondary N) is 2. The SMILES string of the molecule is CCOCCCNS(=O)(=O)c1cc([N+](=O)[O-])ccc1NC. The molecule has 0 amide bonds. The van der Waals surface area contributed by atoms with E-state index in [1.165, 1.54) is 12.1 Å². The first-order valence-electron chi connectivity index (χ1n) is 6.46. The molecule has 0 bridgehead atoms. The van der Waals surface area contributed by atoms with Crippen LogP contribution in [0.25, 0.3) is 0 Å². The molecule has 1 aromatic rings. The number of anilines is 1. The maximum absolute atomic E-state index is 12.2. The van der Waals surface area contributed by atoms with Crippen molar-refractivity contribution in [3.8, 4) is 0 Å². The number of ether oxygens (including phenoxy) is 1. The molecule has 2 N–H and O–H groups in total. The average Bonchev–Trinajstić information content (AvgIpc) is 2.46. The van der Waals surface area contributed by atoms with Crippen molar-refractivity contribution < 1.29 is 18.1 Å². The Balaban J connectivity index is 2.90.